The Labute approximate surface area is 97.3 Å². The molecule has 1 rings (SSSR count). The Bertz CT molecular complexity index is 233. The fourth-order valence-electron chi connectivity index (χ4n) is 2.31. The second-order valence-electron chi connectivity index (χ2n) is 4.57. The largest absolute Gasteiger partial charge is 0.378 e. The van der Waals surface area contributed by atoms with E-state index in [1.165, 1.54) is 0 Å². The SMILES string of the molecule is CCC1COCCN1C(C(=O)NN)C(C)C. The summed E-state index contributed by atoms with van der Waals surface area (Å²) < 4.78 is 5.44. The highest BCUT2D eigenvalue weighted by molar-refractivity contribution is 5.81. The Kier molecular flexibility index (Phi) is 5.18. The zero-order valence-electron chi connectivity index (χ0n) is 10.4. The van der Waals surface area contributed by atoms with Gasteiger partial charge in [-0.05, 0) is 12.3 Å². The second kappa shape index (κ2) is 6.18. The number of morpholine rings is 1. The molecule has 1 aliphatic heterocycles. The van der Waals surface area contributed by atoms with Crippen LogP contribution in [-0.4, -0.2) is 42.6 Å². The summed E-state index contributed by atoms with van der Waals surface area (Å²) in [6.07, 6.45) is 0.987. The van der Waals surface area contributed by atoms with Crippen molar-refractivity contribution >= 4 is 5.91 Å². The molecule has 0 aromatic carbocycles. The number of nitrogens with two attached hydrogens (primary N) is 1. The molecule has 5 nitrogen and oxygen atoms in total. The highest BCUT2D eigenvalue weighted by Crippen LogP contribution is 2.19. The zero-order valence-corrected chi connectivity index (χ0v) is 10.4. The first kappa shape index (κ1) is 13.4. The molecule has 2 unspecified atom stereocenters. The molecule has 0 aromatic heterocycles. The van der Waals surface area contributed by atoms with Crippen LogP contribution in [0.4, 0.5) is 0 Å². The van der Waals surface area contributed by atoms with E-state index < -0.39 is 0 Å². The molecule has 3 N–H and O–H groups in total. The lowest BCUT2D eigenvalue weighted by molar-refractivity contribution is -0.133. The summed E-state index contributed by atoms with van der Waals surface area (Å²) in [5.41, 5.74) is 2.27. The molecule has 0 saturated carbocycles. The average molecular weight is 229 g/mol. The predicted octanol–water partition coefficient (Wildman–Crippen LogP) is 0.112. The average Bonchev–Trinajstić information content (AvgIpc) is 2.29. The van der Waals surface area contributed by atoms with Crippen molar-refractivity contribution in [3.63, 3.8) is 0 Å². The van der Waals surface area contributed by atoms with Gasteiger partial charge >= 0.3 is 0 Å². The van der Waals surface area contributed by atoms with E-state index in [-0.39, 0.29) is 17.9 Å². The lowest BCUT2D eigenvalue weighted by Crippen LogP contribution is -2.58. The highest BCUT2D eigenvalue weighted by Gasteiger charge is 2.34. The van der Waals surface area contributed by atoms with E-state index in [9.17, 15) is 4.79 Å². The van der Waals surface area contributed by atoms with Gasteiger partial charge in [0.1, 0.15) is 0 Å². The van der Waals surface area contributed by atoms with E-state index >= 15 is 0 Å². The van der Waals surface area contributed by atoms with E-state index in [1.54, 1.807) is 0 Å². The molecule has 1 amide bonds. The maximum Gasteiger partial charge on any atom is 0.251 e. The fourth-order valence-corrected chi connectivity index (χ4v) is 2.31. The normalized spacial score (nSPS) is 24.4. The van der Waals surface area contributed by atoms with Crippen LogP contribution in [0, 0.1) is 5.92 Å². The quantitative estimate of drug-likeness (QED) is 0.408. The Hall–Kier alpha value is -0.650. The van der Waals surface area contributed by atoms with Crippen molar-refractivity contribution in [2.24, 2.45) is 11.8 Å². The van der Waals surface area contributed by atoms with Crippen molar-refractivity contribution in [3.8, 4) is 0 Å². The van der Waals surface area contributed by atoms with Gasteiger partial charge in [-0.15, -0.1) is 0 Å². The van der Waals surface area contributed by atoms with E-state index in [0.717, 1.165) is 13.0 Å². The molecule has 94 valence electrons. The number of carbonyl (C=O) groups is 1. The van der Waals surface area contributed by atoms with Gasteiger partial charge in [0, 0.05) is 12.6 Å². The van der Waals surface area contributed by atoms with E-state index in [1.807, 2.05) is 13.8 Å². The molecule has 5 heteroatoms. The maximum atomic E-state index is 11.8. The molecule has 0 aliphatic carbocycles. The zero-order chi connectivity index (χ0) is 12.1. The minimum absolute atomic E-state index is 0.102. The highest BCUT2D eigenvalue weighted by atomic mass is 16.5. The van der Waals surface area contributed by atoms with Gasteiger partial charge in [-0.2, -0.15) is 0 Å². The Morgan fingerprint density at radius 2 is 2.31 bits per heavy atom. The first-order valence-corrected chi connectivity index (χ1v) is 5.95. The van der Waals surface area contributed by atoms with Crippen LogP contribution < -0.4 is 11.3 Å². The molecule has 1 fully saturated rings. The van der Waals surface area contributed by atoms with Gasteiger partial charge in [-0.3, -0.25) is 15.1 Å². The van der Waals surface area contributed by atoms with Crippen LogP contribution in [0.25, 0.3) is 0 Å². The van der Waals surface area contributed by atoms with Crippen LogP contribution in [0.1, 0.15) is 27.2 Å². The van der Waals surface area contributed by atoms with Gasteiger partial charge in [-0.25, -0.2) is 5.84 Å². The van der Waals surface area contributed by atoms with Crippen LogP contribution in [-0.2, 0) is 9.53 Å². The molecular formula is C11H23N3O2. The molecule has 1 saturated heterocycles. The third-order valence-corrected chi connectivity index (χ3v) is 3.14. The fraction of sp³-hybridized carbons (Fsp3) is 0.909. The number of carbonyl (C=O) groups excluding carboxylic acids is 1. The molecule has 2 atom stereocenters. The Morgan fingerprint density at radius 3 is 2.81 bits per heavy atom. The van der Waals surface area contributed by atoms with Gasteiger partial charge < -0.3 is 4.74 Å². The van der Waals surface area contributed by atoms with Crippen LogP contribution in [0.15, 0.2) is 0 Å². The molecule has 1 aliphatic rings. The van der Waals surface area contributed by atoms with Crippen molar-refractivity contribution in [1.82, 2.24) is 10.3 Å². The molecular weight excluding hydrogens is 206 g/mol. The molecule has 1 heterocycles. The van der Waals surface area contributed by atoms with Gasteiger partial charge in [0.15, 0.2) is 0 Å². The van der Waals surface area contributed by atoms with Crippen LogP contribution in [0.2, 0.25) is 0 Å². The summed E-state index contributed by atoms with van der Waals surface area (Å²) in [5, 5.41) is 0. The number of nitrogens with zero attached hydrogens (tertiary/aromatic N) is 1. The van der Waals surface area contributed by atoms with Gasteiger partial charge in [-0.1, -0.05) is 20.8 Å². The predicted molar refractivity (Wildman–Crippen MR) is 62.6 cm³/mol. The lowest BCUT2D eigenvalue weighted by atomic mass is 9.98. The monoisotopic (exact) mass is 229 g/mol. The standard InChI is InChI=1S/C11H23N3O2/c1-4-9-7-16-6-5-14(9)10(8(2)3)11(15)13-12/h8-10H,4-7,12H2,1-3H3,(H,13,15). The first-order valence-electron chi connectivity index (χ1n) is 5.95. The molecule has 16 heavy (non-hydrogen) atoms. The van der Waals surface area contributed by atoms with Crippen LogP contribution in [0.3, 0.4) is 0 Å². The summed E-state index contributed by atoms with van der Waals surface area (Å²) in [5.74, 6) is 5.39. The summed E-state index contributed by atoms with van der Waals surface area (Å²) >= 11 is 0. The first-order chi connectivity index (χ1) is 7.61. The van der Waals surface area contributed by atoms with Crippen molar-refractivity contribution in [1.29, 1.82) is 0 Å². The number of hydrogen-bond donors (Lipinski definition) is 2. The topological polar surface area (TPSA) is 67.6 Å². The second-order valence-corrected chi connectivity index (χ2v) is 4.57. The third-order valence-electron chi connectivity index (χ3n) is 3.14. The number of amides is 1. The number of ether oxygens (including phenoxy) is 1. The van der Waals surface area contributed by atoms with Gasteiger partial charge in [0.2, 0.25) is 0 Å². The van der Waals surface area contributed by atoms with Crippen LogP contribution in [0.5, 0.6) is 0 Å². The smallest absolute Gasteiger partial charge is 0.251 e. The van der Waals surface area contributed by atoms with E-state index in [0.29, 0.717) is 19.3 Å². The number of hydrogen-bond acceptors (Lipinski definition) is 4. The summed E-state index contributed by atoms with van der Waals surface area (Å²) in [6.45, 7) is 8.40. The van der Waals surface area contributed by atoms with E-state index in [2.05, 4.69) is 17.2 Å². The number of hydrazine groups is 1. The number of nitrogens with one attached hydrogen (secondary N) is 1. The minimum atomic E-state index is -0.154. The third kappa shape index (κ3) is 2.93. The minimum Gasteiger partial charge on any atom is -0.378 e. The molecule has 0 aromatic rings. The Morgan fingerprint density at radius 1 is 1.62 bits per heavy atom. The molecule has 0 bridgehead atoms. The van der Waals surface area contributed by atoms with Crippen molar-refractivity contribution < 1.29 is 9.53 Å². The summed E-state index contributed by atoms with van der Waals surface area (Å²) in [4.78, 5) is 14.0. The Balaban J connectivity index is 2.78. The maximum absolute atomic E-state index is 11.8. The number of rotatable bonds is 4. The van der Waals surface area contributed by atoms with Crippen molar-refractivity contribution in [2.45, 2.75) is 39.3 Å². The van der Waals surface area contributed by atoms with Crippen LogP contribution >= 0.6 is 0 Å². The summed E-state index contributed by atoms with van der Waals surface area (Å²) in [7, 11) is 0. The van der Waals surface area contributed by atoms with E-state index in [4.69, 9.17) is 10.6 Å². The van der Waals surface area contributed by atoms with Gasteiger partial charge in [0.25, 0.3) is 5.91 Å². The molecule has 0 radical (unpaired) electrons. The molecule has 0 spiro atoms. The lowest BCUT2D eigenvalue weighted by Gasteiger charge is -2.41. The summed E-state index contributed by atoms with van der Waals surface area (Å²) in [6, 6.07) is 0.164. The van der Waals surface area contributed by atoms with Gasteiger partial charge in [0.05, 0.1) is 19.3 Å². The van der Waals surface area contributed by atoms with Crippen molar-refractivity contribution in [3.05, 3.63) is 0 Å². The van der Waals surface area contributed by atoms with Crippen molar-refractivity contribution in [2.75, 3.05) is 19.8 Å².